The van der Waals surface area contributed by atoms with E-state index < -0.39 is 10.0 Å². The van der Waals surface area contributed by atoms with Gasteiger partial charge in [-0.2, -0.15) is 4.31 Å². The number of carbonyl (C=O) groups is 1. The third kappa shape index (κ3) is 4.87. The van der Waals surface area contributed by atoms with Crippen molar-refractivity contribution in [3.8, 4) is 0 Å². The number of nitrogens with one attached hydrogen (secondary N) is 1. The van der Waals surface area contributed by atoms with Crippen LogP contribution in [0.15, 0.2) is 40.6 Å². The first-order valence-electron chi connectivity index (χ1n) is 10.4. The zero-order valence-electron chi connectivity index (χ0n) is 17.0. The number of thioether (sulfide) groups is 1. The average molecular weight is 450 g/mol. The number of rotatable bonds is 8. The molecule has 8 nitrogen and oxygen atoms in total. The van der Waals surface area contributed by atoms with Gasteiger partial charge in [-0.1, -0.05) is 31.0 Å². The van der Waals surface area contributed by atoms with Gasteiger partial charge in [-0.3, -0.25) is 4.79 Å². The van der Waals surface area contributed by atoms with Gasteiger partial charge in [0.1, 0.15) is 6.33 Å². The Morgan fingerprint density at radius 1 is 1.17 bits per heavy atom. The molecule has 30 heavy (non-hydrogen) atoms. The number of hydrogen-bond donors (Lipinski definition) is 1. The minimum absolute atomic E-state index is 0.0674. The van der Waals surface area contributed by atoms with Gasteiger partial charge in [0, 0.05) is 24.8 Å². The molecule has 0 spiro atoms. The Morgan fingerprint density at radius 2 is 1.87 bits per heavy atom. The van der Waals surface area contributed by atoms with Crippen molar-refractivity contribution in [2.75, 3.05) is 18.1 Å². The lowest BCUT2D eigenvalue weighted by Crippen LogP contribution is -2.38. The van der Waals surface area contributed by atoms with Gasteiger partial charge in [0.2, 0.25) is 15.9 Å². The Labute approximate surface area is 181 Å². The van der Waals surface area contributed by atoms with Crippen LogP contribution in [0, 0.1) is 0 Å². The van der Waals surface area contributed by atoms with E-state index >= 15 is 0 Å². The molecule has 0 saturated heterocycles. The van der Waals surface area contributed by atoms with Gasteiger partial charge < -0.3 is 9.88 Å². The van der Waals surface area contributed by atoms with Crippen molar-refractivity contribution in [2.45, 2.75) is 67.1 Å². The van der Waals surface area contributed by atoms with Crippen LogP contribution < -0.4 is 5.32 Å². The Bertz CT molecular complexity index is 980. The third-order valence-electron chi connectivity index (χ3n) is 5.72. The Morgan fingerprint density at radius 3 is 2.53 bits per heavy atom. The molecule has 10 heteroatoms. The highest BCUT2D eigenvalue weighted by molar-refractivity contribution is 7.99. The fourth-order valence-corrected chi connectivity index (χ4v) is 5.98. The number of sulfonamides is 1. The van der Waals surface area contributed by atoms with Crippen LogP contribution in [0.1, 0.15) is 51.0 Å². The standard InChI is InChI=1S/C20H27N5O3S2/c1-24(16-5-3-2-4-6-16)30(27,28)18-11-7-15(8-12-18)22-19(26)13-29-20-23-21-14-25(20)17-9-10-17/h7-8,11-12,14,16-17H,2-6,9-10,13H2,1H3,(H,22,26). The highest BCUT2D eigenvalue weighted by Crippen LogP contribution is 2.37. The summed E-state index contributed by atoms with van der Waals surface area (Å²) in [7, 11) is -1.87. The predicted molar refractivity (Wildman–Crippen MR) is 116 cm³/mol. The quantitative estimate of drug-likeness (QED) is 0.621. The molecule has 0 unspecified atom stereocenters. The van der Waals surface area contributed by atoms with E-state index in [0.29, 0.717) is 11.7 Å². The molecule has 1 aromatic heterocycles. The number of hydrogen-bond acceptors (Lipinski definition) is 6. The van der Waals surface area contributed by atoms with E-state index in [0.717, 1.165) is 43.7 Å². The molecule has 2 aliphatic rings. The van der Waals surface area contributed by atoms with Gasteiger partial charge >= 0.3 is 0 Å². The van der Waals surface area contributed by atoms with Crippen LogP contribution in [0.25, 0.3) is 0 Å². The first kappa shape index (κ1) is 21.3. The number of anilines is 1. The van der Waals surface area contributed by atoms with Gasteiger partial charge in [0.15, 0.2) is 5.16 Å². The average Bonchev–Trinajstić information content (AvgIpc) is 3.50. The van der Waals surface area contributed by atoms with E-state index in [1.807, 2.05) is 4.57 Å². The van der Waals surface area contributed by atoms with E-state index in [4.69, 9.17) is 0 Å². The molecule has 1 N–H and O–H groups in total. The number of carbonyl (C=O) groups excluding carboxylic acids is 1. The summed E-state index contributed by atoms with van der Waals surface area (Å²) in [4.78, 5) is 12.5. The summed E-state index contributed by atoms with van der Waals surface area (Å²) >= 11 is 1.35. The van der Waals surface area contributed by atoms with Gasteiger partial charge in [-0.05, 0) is 49.9 Å². The van der Waals surface area contributed by atoms with Crippen LogP contribution in [0.5, 0.6) is 0 Å². The molecule has 1 aromatic carbocycles. The summed E-state index contributed by atoms with van der Waals surface area (Å²) in [6.45, 7) is 0. The zero-order valence-corrected chi connectivity index (χ0v) is 18.7. The molecule has 2 saturated carbocycles. The minimum Gasteiger partial charge on any atom is -0.325 e. The maximum Gasteiger partial charge on any atom is 0.243 e. The van der Waals surface area contributed by atoms with Crippen molar-refractivity contribution in [1.29, 1.82) is 0 Å². The number of nitrogens with zero attached hydrogens (tertiary/aromatic N) is 4. The smallest absolute Gasteiger partial charge is 0.243 e. The van der Waals surface area contributed by atoms with Gasteiger partial charge in [0.25, 0.3) is 0 Å². The molecule has 1 amide bonds. The lowest BCUT2D eigenvalue weighted by Gasteiger charge is -2.30. The van der Waals surface area contributed by atoms with E-state index in [1.54, 1.807) is 37.6 Å². The summed E-state index contributed by atoms with van der Waals surface area (Å²) in [6, 6.07) is 6.92. The summed E-state index contributed by atoms with van der Waals surface area (Å²) in [6.07, 6.45) is 9.12. The molecular formula is C20H27N5O3S2. The van der Waals surface area contributed by atoms with Crippen LogP contribution >= 0.6 is 11.8 Å². The van der Waals surface area contributed by atoms with E-state index in [9.17, 15) is 13.2 Å². The van der Waals surface area contributed by atoms with Crippen LogP contribution in [0.3, 0.4) is 0 Å². The molecule has 0 radical (unpaired) electrons. The van der Waals surface area contributed by atoms with Gasteiger partial charge in [0.05, 0.1) is 10.6 Å². The van der Waals surface area contributed by atoms with Gasteiger partial charge in [-0.25, -0.2) is 8.42 Å². The molecular weight excluding hydrogens is 422 g/mol. The SMILES string of the molecule is CN(C1CCCCC1)S(=O)(=O)c1ccc(NC(=O)CSc2nncn2C2CC2)cc1. The largest absolute Gasteiger partial charge is 0.325 e. The second-order valence-corrected chi connectivity index (χ2v) is 10.9. The van der Waals surface area contributed by atoms with Crippen molar-refractivity contribution in [1.82, 2.24) is 19.1 Å². The highest BCUT2D eigenvalue weighted by atomic mass is 32.2. The topological polar surface area (TPSA) is 97.2 Å². The Hall–Kier alpha value is -1.91. The highest BCUT2D eigenvalue weighted by Gasteiger charge is 2.29. The number of amides is 1. The Balaban J connectivity index is 1.33. The predicted octanol–water partition coefficient (Wildman–Crippen LogP) is 3.30. The molecule has 2 aromatic rings. The number of aromatic nitrogens is 3. The van der Waals surface area contributed by atoms with Crippen LogP contribution in [-0.2, 0) is 14.8 Å². The molecule has 0 bridgehead atoms. The van der Waals surface area contributed by atoms with E-state index in [1.165, 1.54) is 22.5 Å². The maximum atomic E-state index is 12.9. The van der Waals surface area contributed by atoms with Gasteiger partial charge in [-0.15, -0.1) is 10.2 Å². The molecule has 0 atom stereocenters. The first-order valence-corrected chi connectivity index (χ1v) is 12.8. The van der Waals surface area contributed by atoms with Crippen molar-refractivity contribution < 1.29 is 13.2 Å². The molecule has 4 rings (SSSR count). The summed E-state index contributed by atoms with van der Waals surface area (Å²) < 4.78 is 29.3. The summed E-state index contributed by atoms with van der Waals surface area (Å²) in [5.41, 5.74) is 0.573. The molecule has 1 heterocycles. The van der Waals surface area contributed by atoms with Crippen molar-refractivity contribution >= 4 is 33.4 Å². The monoisotopic (exact) mass is 449 g/mol. The van der Waals surface area contributed by atoms with Crippen molar-refractivity contribution in [2.24, 2.45) is 0 Å². The lowest BCUT2D eigenvalue weighted by molar-refractivity contribution is -0.113. The van der Waals surface area contributed by atoms with Crippen LogP contribution in [0.2, 0.25) is 0 Å². The fraction of sp³-hybridized carbons (Fsp3) is 0.550. The van der Waals surface area contributed by atoms with Crippen molar-refractivity contribution in [3.63, 3.8) is 0 Å². The van der Waals surface area contributed by atoms with Crippen LogP contribution in [0.4, 0.5) is 5.69 Å². The molecule has 162 valence electrons. The minimum atomic E-state index is -3.53. The van der Waals surface area contributed by atoms with E-state index in [2.05, 4.69) is 15.5 Å². The fourth-order valence-electron chi connectivity index (χ4n) is 3.78. The molecule has 2 fully saturated rings. The molecule has 0 aliphatic heterocycles. The maximum absolute atomic E-state index is 12.9. The number of benzene rings is 1. The second kappa shape index (κ2) is 9.07. The second-order valence-electron chi connectivity index (χ2n) is 7.93. The molecule has 2 aliphatic carbocycles. The van der Waals surface area contributed by atoms with E-state index in [-0.39, 0.29) is 22.6 Å². The normalized spacial score (nSPS) is 17.9. The third-order valence-corrected chi connectivity index (χ3v) is 8.60. The summed E-state index contributed by atoms with van der Waals surface area (Å²) in [5.74, 6) is 0.0517. The summed E-state index contributed by atoms with van der Waals surface area (Å²) in [5, 5.41) is 11.6. The Kier molecular flexibility index (Phi) is 6.45. The van der Waals surface area contributed by atoms with Crippen LogP contribution in [-0.4, -0.2) is 52.2 Å². The van der Waals surface area contributed by atoms with Crippen molar-refractivity contribution in [3.05, 3.63) is 30.6 Å². The zero-order chi connectivity index (χ0) is 21.1. The lowest BCUT2D eigenvalue weighted by atomic mass is 9.96. The first-order chi connectivity index (χ1) is 14.4.